The van der Waals surface area contributed by atoms with Crippen molar-refractivity contribution in [3.63, 3.8) is 0 Å². The fourth-order valence-corrected chi connectivity index (χ4v) is 4.32. The van der Waals surface area contributed by atoms with Crippen LogP contribution in [0.25, 0.3) is 11.0 Å². The second-order valence-electron chi connectivity index (χ2n) is 7.05. The molecule has 0 fully saturated rings. The Morgan fingerprint density at radius 2 is 1.93 bits per heavy atom. The normalized spacial score (nSPS) is 13.2. The number of aryl methyl sites for hydroxylation is 1. The molecular formula is C21H28N4O3S. The van der Waals surface area contributed by atoms with E-state index in [1.807, 2.05) is 30.3 Å². The van der Waals surface area contributed by atoms with Gasteiger partial charge in [0.05, 0.1) is 29.6 Å². The Kier molecular flexibility index (Phi) is 6.26. The SMILES string of the molecule is CCn1c(CN[C@@H](C)c2ccccc2OC)nc2cc(S(=O)(=O)N(C)C)ccc21. The van der Waals surface area contributed by atoms with Crippen molar-refractivity contribution in [2.75, 3.05) is 21.2 Å². The van der Waals surface area contributed by atoms with Crippen molar-refractivity contribution < 1.29 is 13.2 Å². The second-order valence-corrected chi connectivity index (χ2v) is 9.21. The zero-order valence-electron chi connectivity index (χ0n) is 17.5. The third kappa shape index (κ3) is 4.14. The van der Waals surface area contributed by atoms with Gasteiger partial charge in [-0.15, -0.1) is 0 Å². The average Bonchev–Trinajstić information content (AvgIpc) is 3.08. The Morgan fingerprint density at radius 3 is 2.59 bits per heavy atom. The van der Waals surface area contributed by atoms with Crippen molar-refractivity contribution in [3.05, 3.63) is 53.9 Å². The molecule has 29 heavy (non-hydrogen) atoms. The summed E-state index contributed by atoms with van der Waals surface area (Å²) in [6.45, 7) is 5.44. The van der Waals surface area contributed by atoms with Gasteiger partial charge < -0.3 is 14.6 Å². The molecule has 0 amide bonds. The van der Waals surface area contributed by atoms with Crippen molar-refractivity contribution in [2.45, 2.75) is 37.9 Å². The number of imidazole rings is 1. The largest absolute Gasteiger partial charge is 0.496 e. The molecule has 0 aliphatic carbocycles. The number of hydrogen-bond acceptors (Lipinski definition) is 5. The van der Waals surface area contributed by atoms with E-state index >= 15 is 0 Å². The number of ether oxygens (including phenoxy) is 1. The topological polar surface area (TPSA) is 76.5 Å². The first-order valence-electron chi connectivity index (χ1n) is 9.57. The maximum absolute atomic E-state index is 12.4. The third-order valence-corrected chi connectivity index (χ3v) is 6.88. The maximum Gasteiger partial charge on any atom is 0.242 e. The third-order valence-electron chi connectivity index (χ3n) is 5.07. The second kappa shape index (κ2) is 8.52. The Hall–Kier alpha value is -2.42. The minimum Gasteiger partial charge on any atom is -0.496 e. The predicted molar refractivity (Wildman–Crippen MR) is 115 cm³/mol. The quantitative estimate of drug-likeness (QED) is 0.610. The van der Waals surface area contributed by atoms with Gasteiger partial charge in [0.2, 0.25) is 10.0 Å². The minimum absolute atomic E-state index is 0.0703. The van der Waals surface area contributed by atoms with E-state index in [-0.39, 0.29) is 10.9 Å². The smallest absolute Gasteiger partial charge is 0.242 e. The monoisotopic (exact) mass is 416 g/mol. The van der Waals surface area contributed by atoms with Gasteiger partial charge in [-0.05, 0) is 38.1 Å². The highest BCUT2D eigenvalue weighted by atomic mass is 32.2. The first-order chi connectivity index (χ1) is 13.8. The molecule has 7 nitrogen and oxygen atoms in total. The molecule has 0 saturated carbocycles. The number of aromatic nitrogens is 2. The molecule has 156 valence electrons. The highest BCUT2D eigenvalue weighted by Gasteiger charge is 2.20. The predicted octanol–water partition coefficient (Wildman–Crippen LogP) is 3.17. The lowest BCUT2D eigenvalue weighted by Crippen LogP contribution is -2.22. The van der Waals surface area contributed by atoms with Crippen LogP contribution in [0.2, 0.25) is 0 Å². The molecule has 2 aromatic carbocycles. The van der Waals surface area contributed by atoms with Crippen molar-refractivity contribution in [1.82, 2.24) is 19.2 Å². The number of fused-ring (bicyclic) bond motifs is 1. The lowest BCUT2D eigenvalue weighted by atomic mass is 10.1. The van der Waals surface area contributed by atoms with Gasteiger partial charge in [0.1, 0.15) is 11.6 Å². The van der Waals surface area contributed by atoms with Gasteiger partial charge in [0.15, 0.2) is 0 Å². The summed E-state index contributed by atoms with van der Waals surface area (Å²) in [7, 11) is 1.23. The summed E-state index contributed by atoms with van der Waals surface area (Å²) in [5, 5.41) is 3.50. The van der Waals surface area contributed by atoms with Crippen molar-refractivity contribution in [3.8, 4) is 5.75 Å². The highest BCUT2D eigenvalue weighted by molar-refractivity contribution is 7.89. The van der Waals surface area contributed by atoms with Gasteiger partial charge in [0, 0.05) is 32.2 Å². The van der Waals surface area contributed by atoms with Gasteiger partial charge in [-0.1, -0.05) is 18.2 Å². The zero-order chi connectivity index (χ0) is 21.2. The van der Waals surface area contributed by atoms with Crippen molar-refractivity contribution >= 4 is 21.1 Å². The molecule has 1 aromatic heterocycles. The molecule has 0 unspecified atom stereocenters. The van der Waals surface area contributed by atoms with Gasteiger partial charge in [-0.3, -0.25) is 0 Å². The molecule has 0 bridgehead atoms. The van der Waals surface area contributed by atoms with Crippen LogP contribution in [-0.2, 0) is 23.1 Å². The summed E-state index contributed by atoms with van der Waals surface area (Å²) in [4.78, 5) is 4.96. The van der Waals surface area contributed by atoms with Gasteiger partial charge in [-0.25, -0.2) is 17.7 Å². The molecule has 1 N–H and O–H groups in total. The summed E-state index contributed by atoms with van der Waals surface area (Å²) in [6.07, 6.45) is 0. The van der Waals surface area contributed by atoms with Crippen LogP contribution in [0.3, 0.4) is 0 Å². The van der Waals surface area contributed by atoms with Gasteiger partial charge in [-0.2, -0.15) is 0 Å². The number of para-hydroxylation sites is 1. The molecular weight excluding hydrogens is 388 g/mol. The number of nitrogens with one attached hydrogen (secondary N) is 1. The fraction of sp³-hybridized carbons (Fsp3) is 0.381. The molecule has 8 heteroatoms. The van der Waals surface area contributed by atoms with E-state index in [9.17, 15) is 8.42 Å². The summed E-state index contributed by atoms with van der Waals surface area (Å²) < 4.78 is 33.6. The number of benzene rings is 2. The molecule has 0 spiro atoms. The number of methoxy groups -OCH3 is 1. The van der Waals surface area contributed by atoms with E-state index in [4.69, 9.17) is 9.72 Å². The van der Waals surface area contributed by atoms with E-state index in [0.29, 0.717) is 12.1 Å². The Balaban J connectivity index is 1.89. The standard InChI is InChI=1S/C21H28N4O3S/c1-6-25-19-12-11-16(29(26,27)24(3)4)13-18(19)23-21(25)14-22-15(2)17-9-7-8-10-20(17)28-5/h7-13,15,22H,6,14H2,1-5H3/t15-/m0/s1. The molecule has 0 aliphatic heterocycles. The molecule has 1 atom stereocenters. The van der Waals surface area contributed by atoms with Crippen LogP contribution >= 0.6 is 0 Å². The van der Waals surface area contributed by atoms with E-state index < -0.39 is 10.0 Å². The van der Waals surface area contributed by atoms with Crippen LogP contribution in [-0.4, -0.2) is 43.5 Å². The number of hydrogen-bond donors (Lipinski definition) is 1. The Morgan fingerprint density at radius 1 is 1.21 bits per heavy atom. The zero-order valence-corrected chi connectivity index (χ0v) is 18.3. The molecule has 0 radical (unpaired) electrons. The lowest BCUT2D eigenvalue weighted by Gasteiger charge is -2.17. The van der Waals surface area contributed by atoms with Crippen molar-refractivity contribution in [2.24, 2.45) is 0 Å². The molecule has 3 aromatic rings. The number of rotatable bonds is 8. The Labute approximate surface area is 172 Å². The van der Waals surface area contributed by atoms with E-state index in [0.717, 1.165) is 29.2 Å². The van der Waals surface area contributed by atoms with Crippen LogP contribution in [0.1, 0.15) is 31.3 Å². The highest BCUT2D eigenvalue weighted by Crippen LogP contribution is 2.26. The maximum atomic E-state index is 12.4. The van der Waals surface area contributed by atoms with Crippen LogP contribution in [0.4, 0.5) is 0 Å². The van der Waals surface area contributed by atoms with Gasteiger partial charge >= 0.3 is 0 Å². The molecule has 3 rings (SSSR count). The average molecular weight is 417 g/mol. The first kappa shape index (κ1) is 21.3. The Bertz CT molecular complexity index is 1110. The van der Waals surface area contributed by atoms with Crippen LogP contribution in [0.5, 0.6) is 5.75 Å². The van der Waals surface area contributed by atoms with Crippen molar-refractivity contribution in [1.29, 1.82) is 0 Å². The summed E-state index contributed by atoms with van der Waals surface area (Å²) >= 11 is 0. The summed E-state index contributed by atoms with van der Waals surface area (Å²) in [5.41, 5.74) is 2.68. The summed E-state index contributed by atoms with van der Waals surface area (Å²) in [6, 6.07) is 13.1. The molecule has 1 heterocycles. The lowest BCUT2D eigenvalue weighted by molar-refractivity contribution is 0.400. The molecule has 0 aliphatic rings. The van der Waals surface area contributed by atoms with Gasteiger partial charge in [0.25, 0.3) is 0 Å². The number of nitrogens with zero attached hydrogens (tertiary/aromatic N) is 3. The van der Waals surface area contributed by atoms with Crippen LogP contribution in [0.15, 0.2) is 47.4 Å². The minimum atomic E-state index is -3.49. The van der Waals surface area contributed by atoms with E-state index in [2.05, 4.69) is 23.7 Å². The van der Waals surface area contributed by atoms with Crippen LogP contribution in [0, 0.1) is 0 Å². The first-order valence-corrected chi connectivity index (χ1v) is 11.0. The summed E-state index contributed by atoms with van der Waals surface area (Å²) in [5.74, 6) is 1.71. The fourth-order valence-electron chi connectivity index (χ4n) is 3.40. The number of sulfonamides is 1. The van der Waals surface area contributed by atoms with Crippen LogP contribution < -0.4 is 10.1 Å². The molecule has 0 saturated heterocycles. The van der Waals surface area contributed by atoms with E-state index in [1.165, 1.54) is 18.4 Å². The van der Waals surface area contributed by atoms with E-state index in [1.54, 1.807) is 19.2 Å².